The van der Waals surface area contributed by atoms with E-state index < -0.39 is 41.7 Å². The molecule has 0 aliphatic carbocycles. The van der Waals surface area contributed by atoms with Crippen molar-refractivity contribution < 1.29 is 33.4 Å². The van der Waals surface area contributed by atoms with Crippen molar-refractivity contribution in [2.45, 2.75) is 38.9 Å². The highest BCUT2D eigenvalue weighted by Gasteiger charge is 2.34. The zero-order chi connectivity index (χ0) is 21.7. The van der Waals surface area contributed by atoms with Crippen molar-refractivity contribution in [1.82, 2.24) is 15.1 Å². The molecule has 0 saturated carbocycles. The predicted octanol–water partition coefficient (Wildman–Crippen LogP) is 1.74. The van der Waals surface area contributed by atoms with Gasteiger partial charge in [0.15, 0.2) is 0 Å². The first-order valence-electron chi connectivity index (χ1n) is 9.27. The number of rotatable bonds is 10. The van der Waals surface area contributed by atoms with Crippen LogP contribution in [0.15, 0.2) is 18.2 Å². The molecule has 2 amide bonds. The topological polar surface area (TPSA) is 110 Å². The van der Waals surface area contributed by atoms with Crippen molar-refractivity contribution in [2.75, 3.05) is 19.6 Å². The highest BCUT2D eigenvalue weighted by atomic mass is 19.1. The summed E-state index contributed by atoms with van der Waals surface area (Å²) in [6, 6.07) is 0.207. The lowest BCUT2D eigenvalue weighted by atomic mass is 10.0. The Kier molecular flexibility index (Phi) is 7.49. The normalized spacial score (nSPS) is 16.4. The van der Waals surface area contributed by atoms with Crippen LogP contribution in [0.5, 0.6) is 0 Å². The molecule has 1 aromatic carbocycles. The molecule has 1 saturated heterocycles. The first-order chi connectivity index (χ1) is 13.6. The third-order valence-corrected chi connectivity index (χ3v) is 4.59. The molecular weight excluding hydrogens is 388 g/mol. The molecule has 0 spiro atoms. The first-order valence-corrected chi connectivity index (χ1v) is 9.27. The van der Waals surface area contributed by atoms with E-state index in [0.29, 0.717) is 0 Å². The molecule has 1 aliphatic rings. The van der Waals surface area contributed by atoms with Crippen molar-refractivity contribution in [3.05, 3.63) is 35.4 Å². The largest absolute Gasteiger partial charge is 0.480 e. The lowest BCUT2D eigenvalue weighted by Gasteiger charge is -2.25. The molecule has 160 valence electrons. The quantitative estimate of drug-likeness (QED) is 0.539. The monoisotopic (exact) mass is 413 g/mol. The second kappa shape index (κ2) is 9.64. The lowest BCUT2D eigenvalue weighted by Crippen LogP contribution is -2.53. The number of nitrogens with zero attached hydrogens (tertiary/aromatic N) is 2. The van der Waals surface area contributed by atoms with Crippen molar-refractivity contribution in [3.63, 3.8) is 0 Å². The Morgan fingerprint density at radius 1 is 1.03 bits per heavy atom. The van der Waals surface area contributed by atoms with Crippen LogP contribution >= 0.6 is 0 Å². The average Bonchev–Trinajstić information content (AvgIpc) is 2.92. The van der Waals surface area contributed by atoms with Crippen LogP contribution in [-0.4, -0.2) is 69.7 Å². The fourth-order valence-corrected chi connectivity index (χ4v) is 3.25. The first kappa shape index (κ1) is 22.5. The molecule has 29 heavy (non-hydrogen) atoms. The summed E-state index contributed by atoms with van der Waals surface area (Å²) < 4.78 is 26.7. The smallest absolute Gasteiger partial charge is 0.322 e. The molecule has 8 nitrogen and oxygen atoms in total. The molecule has 1 heterocycles. The van der Waals surface area contributed by atoms with E-state index in [4.69, 9.17) is 0 Å². The standard InChI is InChI=1S/C19H25F2N3O5/c1-11(2)5-15(17(25)26)22-16(18(27)28)10-24-4-3-23(19(24)29)9-12-6-13(20)8-14(21)7-12/h6-8,11,15-16,22H,3-5,9-10H2,1-2H3,(H,25,26)(H,27,28). The molecule has 2 unspecified atom stereocenters. The highest BCUT2D eigenvalue weighted by Crippen LogP contribution is 2.16. The zero-order valence-electron chi connectivity index (χ0n) is 16.3. The van der Waals surface area contributed by atoms with E-state index in [0.717, 1.165) is 18.2 Å². The summed E-state index contributed by atoms with van der Waals surface area (Å²) >= 11 is 0. The number of halogens is 2. The molecule has 1 aliphatic heterocycles. The van der Waals surface area contributed by atoms with E-state index in [1.165, 1.54) is 9.80 Å². The van der Waals surface area contributed by atoms with Crippen molar-refractivity contribution >= 4 is 18.0 Å². The van der Waals surface area contributed by atoms with Gasteiger partial charge < -0.3 is 20.0 Å². The van der Waals surface area contributed by atoms with Gasteiger partial charge in [0.05, 0.1) is 0 Å². The number of carbonyl (C=O) groups excluding carboxylic acids is 1. The molecule has 0 radical (unpaired) electrons. The second-order valence-electron chi connectivity index (χ2n) is 7.51. The predicted molar refractivity (Wildman–Crippen MR) is 99.2 cm³/mol. The van der Waals surface area contributed by atoms with Gasteiger partial charge in [0.25, 0.3) is 0 Å². The third-order valence-electron chi connectivity index (χ3n) is 4.59. The van der Waals surface area contributed by atoms with Gasteiger partial charge in [0.1, 0.15) is 23.7 Å². The van der Waals surface area contributed by atoms with E-state index in [2.05, 4.69) is 5.32 Å². The lowest BCUT2D eigenvalue weighted by molar-refractivity contribution is -0.143. The number of nitrogens with one attached hydrogen (secondary N) is 1. The summed E-state index contributed by atoms with van der Waals surface area (Å²) in [6.07, 6.45) is 0.240. The molecule has 1 aromatic rings. The fraction of sp³-hybridized carbons (Fsp3) is 0.526. The summed E-state index contributed by atoms with van der Waals surface area (Å²) in [5.74, 6) is -3.88. The zero-order valence-corrected chi connectivity index (χ0v) is 16.3. The van der Waals surface area contributed by atoms with Gasteiger partial charge in [-0.05, 0) is 30.0 Å². The molecule has 10 heteroatoms. The van der Waals surface area contributed by atoms with Gasteiger partial charge in [-0.25, -0.2) is 13.6 Å². The number of aliphatic carboxylic acids is 2. The van der Waals surface area contributed by atoms with Crippen LogP contribution in [0, 0.1) is 17.6 Å². The van der Waals surface area contributed by atoms with Crippen LogP contribution in [0.3, 0.4) is 0 Å². The van der Waals surface area contributed by atoms with Crippen molar-refractivity contribution in [1.29, 1.82) is 0 Å². The number of benzene rings is 1. The Morgan fingerprint density at radius 3 is 2.10 bits per heavy atom. The number of amides is 2. The number of carboxylic acids is 2. The number of carboxylic acid groups (broad SMARTS) is 2. The minimum Gasteiger partial charge on any atom is -0.480 e. The number of hydrogen-bond donors (Lipinski definition) is 3. The summed E-state index contributed by atoms with van der Waals surface area (Å²) in [6.45, 7) is 3.90. The van der Waals surface area contributed by atoms with E-state index in [-0.39, 0.29) is 44.1 Å². The van der Waals surface area contributed by atoms with Gasteiger partial charge in [-0.1, -0.05) is 13.8 Å². The van der Waals surface area contributed by atoms with Crippen LogP contribution < -0.4 is 5.32 Å². The van der Waals surface area contributed by atoms with E-state index in [9.17, 15) is 33.4 Å². The van der Waals surface area contributed by atoms with Gasteiger partial charge in [0.2, 0.25) is 0 Å². The second-order valence-corrected chi connectivity index (χ2v) is 7.51. The summed E-state index contributed by atoms with van der Waals surface area (Å²) in [4.78, 5) is 38.2. The Labute approximate surface area is 167 Å². The number of carbonyl (C=O) groups is 3. The van der Waals surface area contributed by atoms with Crippen molar-refractivity contribution in [3.8, 4) is 0 Å². The average molecular weight is 413 g/mol. The Balaban J connectivity index is 2.02. The Bertz CT molecular complexity index is 754. The molecular formula is C19H25F2N3O5. The van der Waals surface area contributed by atoms with E-state index in [1.807, 2.05) is 13.8 Å². The van der Waals surface area contributed by atoms with Gasteiger partial charge in [-0.3, -0.25) is 14.9 Å². The molecule has 2 rings (SSSR count). The third kappa shape index (κ3) is 6.38. The maximum atomic E-state index is 13.3. The van der Waals surface area contributed by atoms with Crippen LogP contribution in [0.1, 0.15) is 25.8 Å². The number of urea groups is 1. The van der Waals surface area contributed by atoms with E-state index >= 15 is 0 Å². The van der Waals surface area contributed by atoms with Gasteiger partial charge in [-0.15, -0.1) is 0 Å². The SMILES string of the molecule is CC(C)CC(NC(CN1CCN(Cc2cc(F)cc(F)c2)C1=O)C(=O)O)C(=O)O. The van der Waals surface area contributed by atoms with Gasteiger partial charge in [0, 0.05) is 32.2 Å². The summed E-state index contributed by atoms with van der Waals surface area (Å²) in [7, 11) is 0. The minimum absolute atomic E-state index is 0.0136. The maximum Gasteiger partial charge on any atom is 0.322 e. The van der Waals surface area contributed by atoms with Gasteiger partial charge >= 0.3 is 18.0 Å². The molecule has 3 N–H and O–H groups in total. The van der Waals surface area contributed by atoms with Crippen LogP contribution in [0.25, 0.3) is 0 Å². The fourth-order valence-electron chi connectivity index (χ4n) is 3.25. The Hall–Kier alpha value is -2.75. The Morgan fingerprint density at radius 2 is 1.59 bits per heavy atom. The molecule has 2 atom stereocenters. The summed E-state index contributed by atoms with van der Waals surface area (Å²) in [5, 5.41) is 21.4. The van der Waals surface area contributed by atoms with Crippen LogP contribution in [0.2, 0.25) is 0 Å². The minimum atomic E-state index is -1.27. The molecule has 1 fully saturated rings. The molecule has 0 aromatic heterocycles. The van der Waals surface area contributed by atoms with Crippen LogP contribution in [-0.2, 0) is 16.1 Å². The molecule has 0 bridgehead atoms. The van der Waals surface area contributed by atoms with E-state index in [1.54, 1.807) is 0 Å². The highest BCUT2D eigenvalue weighted by molar-refractivity contribution is 5.80. The number of hydrogen-bond acceptors (Lipinski definition) is 4. The maximum absolute atomic E-state index is 13.3. The van der Waals surface area contributed by atoms with Crippen LogP contribution in [0.4, 0.5) is 13.6 Å². The van der Waals surface area contributed by atoms with Crippen molar-refractivity contribution in [2.24, 2.45) is 5.92 Å². The summed E-state index contributed by atoms with van der Waals surface area (Å²) in [5.41, 5.74) is 0.286. The van der Waals surface area contributed by atoms with Gasteiger partial charge in [-0.2, -0.15) is 0 Å².